The summed E-state index contributed by atoms with van der Waals surface area (Å²) in [4.78, 5) is 16.9. The molecule has 33 heavy (non-hydrogen) atoms. The van der Waals surface area contributed by atoms with Crippen molar-refractivity contribution >= 4 is 5.91 Å². The Labute approximate surface area is 193 Å². The highest BCUT2D eigenvalue weighted by Crippen LogP contribution is 2.19. The van der Waals surface area contributed by atoms with Gasteiger partial charge in [0.15, 0.2) is 0 Å². The molecule has 0 radical (unpaired) electrons. The van der Waals surface area contributed by atoms with Crippen molar-refractivity contribution in [2.45, 2.75) is 25.2 Å². The van der Waals surface area contributed by atoms with Crippen LogP contribution in [0, 0.1) is 17.1 Å². The summed E-state index contributed by atoms with van der Waals surface area (Å²) in [5, 5.41) is 11.7. The number of carbonyl (C=O) groups is 1. The summed E-state index contributed by atoms with van der Waals surface area (Å²) < 4.78 is 25.1. The van der Waals surface area contributed by atoms with Crippen molar-refractivity contribution in [2.75, 3.05) is 45.9 Å². The zero-order chi connectivity index (χ0) is 23.0. The molecule has 0 aliphatic carbocycles. The fourth-order valence-corrected chi connectivity index (χ4v) is 4.38. The average molecular weight is 453 g/mol. The molecule has 2 unspecified atom stereocenters. The number of hydrogen-bond donors (Lipinski definition) is 1. The fraction of sp³-hybridized carbons (Fsp3) is 0.440. The Hall–Kier alpha value is -2.99. The molecule has 2 saturated heterocycles. The monoisotopic (exact) mass is 452 g/mol. The van der Waals surface area contributed by atoms with Crippen LogP contribution in [-0.2, 0) is 16.1 Å². The zero-order valence-electron chi connectivity index (χ0n) is 18.6. The molecule has 7 nitrogen and oxygen atoms in total. The number of fused-ring (bicyclic) bond motifs is 2. The maximum atomic E-state index is 13.3. The minimum atomic E-state index is -0.298. The van der Waals surface area contributed by atoms with Crippen molar-refractivity contribution in [3.05, 3.63) is 65.5 Å². The Morgan fingerprint density at radius 2 is 1.85 bits per heavy atom. The number of carbonyl (C=O) groups excluding carboxylic acids is 1. The van der Waals surface area contributed by atoms with Crippen LogP contribution in [0.25, 0.3) is 0 Å². The summed E-state index contributed by atoms with van der Waals surface area (Å²) in [6, 6.07) is 15.5. The molecular weight excluding hydrogens is 423 g/mol. The van der Waals surface area contributed by atoms with E-state index in [4.69, 9.17) is 14.7 Å². The molecule has 2 aliphatic heterocycles. The molecule has 0 spiro atoms. The van der Waals surface area contributed by atoms with Gasteiger partial charge in [0, 0.05) is 39.3 Å². The second-order valence-electron chi connectivity index (χ2n) is 8.58. The average Bonchev–Trinajstić information content (AvgIpc) is 2.80. The summed E-state index contributed by atoms with van der Waals surface area (Å²) in [6.07, 6.45) is 1.09. The van der Waals surface area contributed by atoms with Crippen molar-refractivity contribution in [3.8, 4) is 11.8 Å². The SMILES string of the molecule is N#Cc1ccc(OCCCN2CC3CN(CC(=O)NCc4cccc(F)c4)CC(C2)O3)cc1. The van der Waals surface area contributed by atoms with Gasteiger partial charge in [-0.05, 0) is 48.4 Å². The van der Waals surface area contributed by atoms with Crippen LogP contribution in [0.15, 0.2) is 48.5 Å². The molecule has 2 bridgehead atoms. The Bertz CT molecular complexity index is 964. The lowest BCUT2D eigenvalue weighted by Crippen LogP contribution is -2.60. The van der Waals surface area contributed by atoms with Gasteiger partial charge in [0.05, 0.1) is 37.0 Å². The first-order valence-electron chi connectivity index (χ1n) is 11.3. The standard InChI is InChI=1S/C25H29FN4O3/c26-21-4-1-3-20(11-21)13-28-25(31)18-30-16-23-14-29(15-24(17-30)33-23)9-2-10-32-22-7-5-19(12-27)6-8-22/h1,3-8,11,23-24H,2,9-10,13-18H2,(H,28,31). The lowest BCUT2D eigenvalue weighted by atomic mass is 10.1. The molecule has 2 aromatic carbocycles. The van der Waals surface area contributed by atoms with Crippen LogP contribution in [0.5, 0.6) is 5.75 Å². The van der Waals surface area contributed by atoms with Crippen LogP contribution >= 0.6 is 0 Å². The van der Waals surface area contributed by atoms with E-state index in [0.717, 1.165) is 50.5 Å². The van der Waals surface area contributed by atoms with Gasteiger partial charge in [-0.25, -0.2) is 4.39 Å². The van der Waals surface area contributed by atoms with Crippen LogP contribution in [0.2, 0.25) is 0 Å². The van der Waals surface area contributed by atoms with Gasteiger partial charge in [-0.2, -0.15) is 5.26 Å². The Morgan fingerprint density at radius 1 is 1.12 bits per heavy atom. The third kappa shape index (κ3) is 6.99. The molecule has 0 aromatic heterocycles. The number of rotatable bonds is 9. The smallest absolute Gasteiger partial charge is 0.234 e. The molecule has 2 aromatic rings. The number of halogens is 1. The predicted molar refractivity (Wildman–Crippen MR) is 121 cm³/mol. The maximum Gasteiger partial charge on any atom is 0.234 e. The predicted octanol–water partition coefficient (Wildman–Crippen LogP) is 2.17. The molecule has 2 heterocycles. The second kappa shape index (κ2) is 11.2. The summed E-state index contributed by atoms with van der Waals surface area (Å²) >= 11 is 0. The van der Waals surface area contributed by atoms with Gasteiger partial charge in [-0.3, -0.25) is 14.6 Å². The summed E-state index contributed by atoms with van der Waals surface area (Å²) in [6.45, 7) is 5.33. The van der Waals surface area contributed by atoms with Crippen LogP contribution in [0.3, 0.4) is 0 Å². The van der Waals surface area contributed by atoms with E-state index in [1.165, 1.54) is 12.1 Å². The summed E-state index contributed by atoms with van der Waals surface area (Å²) in [5.74, 6) is 0.420. The number of nitriles is 1. The molecular formula is C25H29FN4O3. The highest BCUT2D eigenvalue weighted by Gasteiger charge is 2.35. The topological polar surface area (TPSA) is 77.8 Å². The van der Waals surface area contributed by atoms with Gasteiger partial charge in [-0.15, -0.1) is 0 Å². The first kappa shape index (κ1) is 23.2. The number of hydrogen-bond acceptors (Lipinski definition) is 6. The fourth-order valence-electron chi connectivity index (χ4n) is 4.38. The molecule has 4 rings (SSSR count). The van der Waals surface area contributed by atoms with Gasteiger partial charge in [0.25, 0.3) is 0 Å². The molecule has 8 heteroatoms. The third-order valence-corrected chi connectivity index (χ3v) is 5.85. The van der Waals surface area contributed by atoms with Crippen LogP contribution in [0.4, 0.5) is 4.39 Å². The van der Waals surface area contributed by atoms with E-state index in [1.807, 2.05) is 12.1 Å². The second-order valence-corrected chi connectivity index (χ2v) is 8.58. The molecule has 1 amide bonds. The Balaban J connectivity index is 1.14. The highest BCUT2D eigenvalue weighted by atomic mass is 19.1. The van der Waals surface area contributed by atoms with Crippen molar-refractivity contribution in [1.82, 2.24) is 15.1 Å². The molecule has 2 atom stereocenters. The van der Waals surface area contributed by atoms with E-state index >= 15 is 0 Å². The maximum absolute atomic E-state index is 13.3. The summed E-state index contributed by atoms with van der Waals surface area (Å²) in [5.41, 5.74) is 1.38. The number of benzene rings is 2. The number of amides is 1. The largest absolute Gasteiger partial charge is 0.494 e. The minimum absolute atomic E-state index is 0.0592. The van der Waals surface area contributed by atoms with Crippen LogP contribution in [0.1, 0.15) is 17.5 Å². The number of morpholine rings is 2. The normalized spacial score (nSPS) is 20.7. The number of nitrogens with one attached hydrogen (secondary N) is 1. The highest BCUT2D eigenvalue weighted by molar-refractivity contribution is 5.78. The molecule has 2 aliphatic rings. The lowest BCUT2D eigenvalue weighted by molar-refractivity contribution is -0.145. The van der Waals surface area contributed by atoms with Gasteiger partial charge in [-0.1, -0.05) is 12.1 Å². The quantitative estimate of drug-likeness (QED) is 0.588. The number of nitrogens with zero attached hydrogens (tertiary/aromatic N) is 3. The first-order chi connectivity index (χ1) is 16.1. The van der Waals surface area contributed by atoms with E-state index in [9.17, 15) is 9.18 Å². The van der Waals surface area contributed by atoms with Gasteiger partial charge >= 0.3 is 0 Å². The number of ether oxygens (including phenoxy) is 2. The van der Waals surface area contributed by atoms with Crippen LogP contribution < -0.4 is 10.1 Å². The summed E-state index contributed by atoms with van der Waals surface area (Å²) in [7, 11) is 0. The van der Waals surface area contributed by atoms with E-state index in [0.29, 0.717) is 25.3 Å². The van der Waals surface area contributed by atoms with E-state index < -0.39 is 0 Å². The van der Waals surface area contributed by atoms with Crippen molar-refractivity contribution in [2.24, 2.45) is 0 Å². The molecule has 2 fully saturated rings. The van der Waals surface area contributed by atoms with Gasteiger partial charge in [0.1, 0.15) is 11.6 Å². The Morgan fingerprint density at radius 3 is 2.55 bits per heavy atom. The van der Waals surface area contributed by atoms with Gasteiger partial charge < -0.3 is 14.8 Å². The van der Waals surface area contributed by atoms with E-state index in [2.05, 4.69) is 21.2 Å². The molecule has 174 valence electrons. The van der Waals surface area contributed by atoms with Crippen molar-refractivity contribution in [1.29, 1.82) is 5.26 Å². The third-order valence-electron chi connectivity index (χ3n) is 5.85. The van der Waals surface area contributed by atoms with Crippen molar-refractivity contribution < 1.29 is 18.7 Å². The molecule has 1 N–H and O–H groups in total. The van der Waals surface area contributed by atoms with Crippen molar-refractivity contribution in [3.63, 3.8) is 0 Å². The molecule has 0 saturated carbocycles. The van der Waals surface area contributed by atoms with E-state index in [1.54, 1.807) is 24.3 Å². The first-order valence-corrected chi connectivity index (χ1v) is 11.3. The van der Waals surface area contributed by atoms with E-state index in [-0.39, 0.29) is 23.9 Å². The minimum Gasteiger partial charge on any atom is -0.494 e. The lowest BCUT2D eigenvalue weighted by Gasteiger charge is -2.45. The van der Waals surface area contributed by atoms with Gasteiger partial charge in [0.2, 0.25) is 5.91 Å². The Kier molecular flexibility index (Phi) is 7.89. The van der Waals surface area contributed by atoms with Crippen LogP contribution in [-0.4, -0.2) is 73.8 Å². The zero-order valence-corrected chi connectivity index (χ0v) is 18.6.